The van der Waals surface area contributed by atoms with Gasteiger partial charge in [-0.15, -0.1) is 0 Å². The summed E-state index contributed by atoms with van der Waals surface area (Å²) in [6.07, 6.45) is 6.52. The Morgan fingerprint density at radius 1 is 1.46 bits per heavy atom. The van der Waals surface area contributed by atoms with E-state index in [1.54, 1.807) is 6.08 Å². The molecular weight excluding hydrogens is 158 g/mol. The van der Waals surface area contributed by atoms with Crippen LogP contribution >= 0.6 is 0 Å². The molecular formula is C12H19N. The Balaban J connectivity index is 4.08. The summed E-state index contributed by atoms with van der Waals surface area (Å²) >= 11 is 0. The molecule has 0 aromatic carbocycles. The average molecular weight is 177 g/mol. The van der Waals surface area contributed by atoms with Crippen molar-refractivity contribution in [1.82, 2.24) is 5.32 Å². The molecule has 0 bridgehead atoms. The van der Waals surface area contributed by atoms with E-state index in [2.05, 4.69) is 25.1 Å². The molecule has 13 heavy (non-hydrogen) atoms. The molecule has 0 fully saturated rings. The summed E-state index contributed by atoms with van der Waals surface area (Å²) in [5.74, 6) is 0. The minimum Gasteiger partial charge on any atom is -0.313 e. The van der Waals surface area contributed by atoms with Gasteiger partial charge in [0.15, 0.2) is 0 Å². The Labute approximate surface area is 81.5 Å². The molecule has 72 valence electrons. The highest BCUT2D eigenvalue weighted by Gasteiger charge is 2.05. The van der Waals surface area contributed by atoms with Crippen molar-refractivity contribution < 1.29 is 0 Å². The fraction of sp³-hybridized carbons (Fsp3) is 0.333. The molecule has 1 unspecified atom stereocenters. The van der Waals surface area contributed by atoms with E-state index >= 15 is 0 Å². The van der Waals surface area contributed by atoms with Gasteiger partial charge in [0, 0.05) is 6.04 Å². The molecule has 0 amide bonds. The van der Waals surface area contributed by atoms with Crippen LogP contribution in [-0.4, -0.2) is 13.1 Å². The molecule has 0 aliphatic heterocycles. The molecule has 1 N–H and O–H groups in total. The maximum absolute atomic E-state index is 3.95. The lowest BCUT2D eigenvalue weighted by atomic mass is 10.0. The highest BCUT2D eigenvalue weighted by Crippen LogP contribution is 2.10. The van der Waals surface area contributed by atoms with Crippen LogP contribution < -0.4 is 5.32 Å². The van der Waals surface area contributed by atoms with Crippen LogP contribution in [0.3, 0.4) is 0 Å². The Kier molecular flexibility index (Phi) is 5.90. The number of allylic oxidation sites excluding steroid dienone is 3. The zero-order valence-corrected chi connectivity index (χ0v) is 8.64. The molecule has 0 aromatic heterocycles. The fourth-order valence-electron chi connectivity index (χ4n) is 1.06. The fourth-order valence-corrected chi connectivity index (χ4v) is 1.06. The molecule has 0 saturated carbocycles. The van der Waals surface area contributed by atoms with Gasteiger partial charge in [-0.3, -0.25) is 0 Å². The Bertz CT molecular complexity index is 223. The van der Waals surface area contributed by atoms with Crippen molar-refractivity contribution >= 4 is 0 Å². The van der Waals surface area contributed by atoms with Crippen LogP contribution in [0.5, 0.6) is 0 Å². The SMILES string of the molecule is C=C/C=C\C(=C)CC(NC)C(=C)C. The first-order valence-electron chi connectivity index (χ1n) is 4.41. The second-order valence-electron chi connectivity index (χ2n) is 3.14. The van der Waals surface area contributed by atoms with Crippen LogP contribution in [0, 0.1) is 0 Å². The van der Waals surface area contributed by atoms with Crippen LogP contribution in [0.4, 0.5) is 0 Å². The highest BCUT2D eigenvalue weighted by atomic mass is 14.9. The lowest BCUT2D eigenvalue weighted by Gasteiger charge is -2.15. The van der Waals surface area contributed by atoms with Crippen molar-refractivity contribution in [1.29, 1.82) is 0 Å². The molecule has 0 aromatic rings. The first kappa shape index (κ1) is 11.9. The third-order valence-electron chi connectivity index (χ3n) is 1.88. The van der Waals surface area contributed by atoms with Crippen molar-refractivity contribution in [2.75, 3.05) is 7.05 Å². The Morgan fingerprint density at radius 3 is 2.46 bits per heavy atom. The molecule has 0 radical (unpaired) electrons. The lowest BCUT2D eigenvalue weighted by Crippen LogP contribution is -2.26. The summed E-state index contributed by atoms with van der Waals surface area (Å²) in [6.45, 7) is 13.5. The summed E-state index contributed by atoms with van der Waals surface area (Å²) in [5.41, 5.74) is 2.22. The third-order valence-corrected chi connectivity index (χ3v) is 1.88. The van der Waals surface area contributed by atoms with Gasteiger partial charge in [-0.05, 0) is 20.4 Å². The standard InChI is InChI=1S/C12H19N/c1-6-7-8-11(4)9-12(13-5)10(2)3/h6-8,12-13H,1-2,4,9H2,3,5H3/b8-7-. The van der Waals surface area contributed by atoms with E-state index in [1.165, 1.54) is 0 Å². The minimum atomic E-state index is 0.321. The van der Waals surface area contributed by atoms with E-state index in [-0.39, 0.29) is 0 Å². The second kappa shape index (κ2) is 6.44. The van der Waals surface area contributed by atoms with Crippen LogP contribution in [0.25, 0.3) is 0 Å². The normalized spacial score (nSPS) is 12.8. The number of hydrogen-bond acceptors (Lipinski definition) is 1. The Morgan fingerprint density at radius 2 is 2.08 bits per heavy atom. The van der Waals surface area contributed by atoms with E-state index in [0.29, 0.717) is 6.04 Å². The maximum Gasteiger partial charge on any atom is 0.0311 e. The second-order valence-corrected chi connectivity index (χ2v) is 3.14. The van der Waals surface area contributed by atoms with Crippen molar-refractivity contribution in [2.45, 2.75) is 19.4 Å². The van der Waals surface area contributed by atoms with Crippen molar-refractivity contribution in [2.24, 2.45) is 0 Å². The molecule has 0 saturated heterocycles. The zero-order chi connectivity index (χ0) is 10.3. The lowest BCUT2D eigenvalue weighted by molar-refractivity contribution is 0.637. The monoisotopic (exact) mass is 177 g/mol. The molecule has 0 spiro atoms. The molecule has 0 aliphatic rings. The predicted molar refractivity (Wildman–Crippen MR) is 60.8 cm³/mol. The topological polar surface area (TPSA) is 12.0 Å². The van der Waals surface area contributed by atoms with Gasteiger partial charge in [-0.25, -0.2) is 0 Å². The summed E-state index contributed by atoms with van der Waals surface area (Å²) in [5, 5.41) is 3.19. The number of rotatable bonds is 6. The van der Waals surface area contributed by atoms with E-state index in [4.69, 9.17) is 0 Å². The Hall–Kier alpha value is -1.08. The average Bonchev–Trinajstić information content (AvgIpc) is 2.10. The number of hydrogen-bond donors (Lipinski definition) is 1. The van der Waals surface area contributed by atoms with E-state index < -0.39 is 0 Å². The first-order valence-corrected chi connectivity index (χ1v) is 4.41. The van der Waals surface area contributed by atoms with Gasteiger partial charge in [-0.2, -0.15) is 0 Å². The van der Waals surface area contributed by atoms with Gasteiger partial charge in [0.2, 0.25) is 0 Å². The van der Waals surface area contributed by atoms with E-state index in [1.807, 2.05) is 26.1 Å². The molecule has 0 rings (SSSR count). The molecule has 1 atom stereocenters. The van der Waals surface area contributed by atoms with Crippen LogP contribution in [0.1, 0.15) is 13.3 Å². The third kappa shape index (κ3) is 5.21. The smallest absolute Gasteiger partial charge is 0.0311 e. The minimum absolute atomic E-state index is 0.321. The number of likely N-dealkylation sites (N-methyl/N-ethyl adjacent to an activating group) is 1. The van der Waals surface area contributed by atoms with Crippen LogP contribution in [0.15, 0.2) is 49.1 Å². The van der Waals surface area contributed by atoms with Gasteiger partial charge in [0.1, 0.15) is 0 Å². The van der Waals surface area contributed by atoms with Crippen molar-refractivity contribution in [3.63, 3.8) is 0 Å². The van der Waals surface area contributed by atoms with Gasteiger partial charge < -0.3 is 5.32 Å². The first-order chi connectivity index (χ1) is 6.11. The maximum atomic E-state index is 3.95. The van der Waals surface area contributed by atoms with Crippen LogP contribution in [-0.2, 0) is 0 Å². The van der Waals surface area contributed by atoms with E-state index in [0.717, 1.165) is 17.6 Å². The molecule has 1 nitrogen and oxygen atoms in total. The zero-order valence-electron chi connectivity index (χ0n) is 8.64. The van der Waals surface area contributed by atoms with Gasteiger partial charge in [0.05, 0.1) is 0 Å². The molecule has 1 heteroatoms. The van der Waals surface area contributed by atoms with Crippen molar-refractivity contribution in [3.8, 4) is 0 Å². The summed E-state index contributed by atoms with van der Waals surface area (Å²) in [4.78, 5) is 0. The van der Waals surface area contributed by atoms with Gasteiger partial charge in [0.25, 0.3) is 0 Å². The van der Waals surface area contributed by atoms with Crippen LogP contribution in [0.2, 0.25) is 0 Å². The van der Waals surface area contributed by atoms with Gasteiger partial charge >= 0.3 is 0 Å². The predicted octanol–water partition coefficient (Wildman–Crippen LogP) is 2.84. The summed E-state index contributed by atoms with van der Waals surface area (Å²) in [6, 6.07) is 0.321. The van der Waals surface area contributed by atoms with Gasteiger partial charge in [-0.1, -0.05) is 49.1 Å². The van der Waals surface area contributed by atoms with E-state index in [9.17, 15) is 0 Å². The summed E-state index contributed by atoms with van der Waals surface area (Å²) < 4.78 is 0. The van der Waals surface area contributed by atoms with Crippen molar-refractivity contribution in [3.05, 3.63) is 49.1 Å². The largest absolute Gasteiger partial charge is 0.313 e. The molecule has 0 heterocycles. The summed E-state index contributed by atoms with van der Waals surface area (Å²) in [7, 11) is 1.93. The number of nitrogens with one attached hydrogen (secondary N) is 1. The quantitative estimate of drug-likeness (QED) is 0.486. The molecule has 0 aliphatic carbocycles. The highest BCUT2D eigenvalue weighted by molar-refractivity contribution is 5.21.